The first-order chi connectivity index (χ1) is 8.50. The Morgan fingerprint density at radius 3 is 2.50 bits per heavy atom. The molecule has 0 aromatic heterocycles. The van der Waals surface area contributed by atoms with Crippen molar-refractivity contribution >= 4 is 17.3 Å². The van der Waals surface area contributed by atoms with Crippen molar-refractivity contribution in [3.63, 3.8) is 0 Å². The number of non-ortho nitro benzene ring substituents is 1. The van der Waals surface area contributed by atoms with Gasteiger partial charge in [0.15, 0.2) is 6.04 Å². The topological polar surface area (TPSA) is 104 Å². The van der Waals surface area contributed by atoms with Crippen LogP contribution in [0.5, 0.6) is 0 Å². The molecule has 0 unspecified atom stereocenters. The molecule has 0 amide bonds. The fourth-order valence-corrected chi connectivity index (χ4v) is 2.13. The summed E-state index contributed by atoms with van der Waals surface area (Å²) in [6.45, 7) is 0.413. The number of carbonyl (C=O) groups is 1. The van der Waals surface area contributed by atoms with E-state index in [-0.39, 0.29) is 5.69 Å². The van der Waals surface area contributed by atoms with Crippen LogP contribution in [-0.2, 0) is 4.79 Å². The van der Waals surface area contributed by atoms with E-state index in [4.69, 9.17) is 5.11 Å². The van der Waals surface area contributed by atoms with Gasteiger partial charge in [-0.15, -0.1) is 0 Å². The molecule has 1 aliphatic heterocycles. The number of nitro benzene ring substituents is 1. The van der Waals surface area contributed by atoms with Crippen LogP contribution in [0.25, 0.3) is 0 Å². The number of hydrogen-bond donors (Lipinski definition) is 2. The third-order valence-electron chi connectivity index (χ3n) is 3.01. The summed E-state index contributed by atoms with van der Waals surface area (Å²) in [5.41, 5.74) is 0.509. The van der Waals surface area contributed by atoms with Crippen molar-refractivity contribution in [1.82, 2.24) is 0 Å². The zero-order chi connectivity index (χ0) is 13.3. The lowest BCUT2D eigenvalue weighted by Crippen LogP contribution is -2.41. The molecule has 0 aliphatic carbocycles. The molecule has 2 rings (SSSR count). The molecule has 2 atom stereocenters. The highest BCUT2D eigenvalue weighted by Crippen LogP contribution is 2.27. The Kier molecular flexibility index (Phi) is 3.15. The summed E-state index contributed by atoms with van der Waals surface area (Å²) in [7, 11) is 0. The van der Waals surface area contributed by atoms with Crippen LogP contribution in [-0.4, -0.2) is 39.8 Å². The SMILES string of the molecule is O=C(O)[C@@H]1[C@@H](O)CCN1c1ccc([N+](=O)[O-])cc1. The van der Waals surface area contributed by atoms with E-state index in [9.17, 15) is 20.0 Å². The minimum Gasteiger partial charge on any atom is -0.480 e. The Hall–Kier alpha value is -2.15. The molecule has 1 fully saturated rings. The molecule has 1 saturated heterocycles. The minimum absolute atomic E-state index is 0.0506. The maximum Gasteiger partial charge on any atom is 0.329 e. The Labute approximate surface area is 102 Å². The highest BCUT2D eigenvalue weighted by Gasteiger charge is 2.38. The maximum atomic E-state index is 11.1. The highest BCUT2D eigenvalue weighted by molar-refractivity contribution is 5.80. The lowest BCUT2D eigenvalue weighted by molar-refractivity contribution is -0.384. The average molecular weight is 252 g/mol. The molecule has 1 aromatic rings. The third kappa shape index (κ3) is 2.12. The van der Waals surface area contributed by atoms with E-state index in [2.05, 4.69) is 0 Å². The van der Waals surface area contributed by atoms with Crippen LogP contribution < -0.4 is 4.90 Å². The van der Waals surface area contributed by atoms with E-state index >= 15 is 0 Å². The maximum absolute atomic E-state index is 11.1. The summed E-state index contributed by atoms with van der Waals surface area (Å²) in [5, 5.41) is 29.2. The van der Waals surface area contributed by atoms with Crippen LogP contribution in [0.15, 0.2) is 24.3 Å². The van der Waals surface area contributed by atoms with Crippen molar-refractivity contribution in [1.29, 1.82) is 0 Å². The zero-order valence-corrected chi connectivity index (χ0v) is 9.39. The first-order valence-corrected chi connectivity index (χ1v) is 5.42. The van der Waals surface area contributed by atoms with Gasteiger partial charge in [0.2, 0.25) is 0 Å². The number of aliphatic carboxylic acids is 1. The van der Waals surface area contributed by atoms with Crippen molar-refractivity contribution in [3.05, 3.63) is 34.4 Å². The second-order valence-corrected chi connectivity index (χ2v) is 4.11. The van der Waals surface area contributed by atoms with Crippen LogP contribution in [0, 0.1) is 10.1 Å². The quantitative estimate of drug-likeness (QED) is 0.603. The summed E-state index contributed by atoms with van der Waals surface area (Å²) < 4.78 is 0. The molecule has 1 aromatic carbocycles. The van der Waals surface area contributed by atoms with E-state index in [1.54, 1.807) is 0 Å². The number of nitrogens with zero attached hydrogens (tertiary/aromatic N) is 2. The largest absolute Gasteiger partial charge is 0.480 e. The van der Waals surface area contributed by atoms with Gasteiger partial charge in [-0.3, -0.25) is 10.1 Å². The Morgan fingerprint density at radius 1 is 1.39 bits per heavy atom. The molecule has 0 bridgehead atoms. The molecule has 0 spiro atoms. The summed E-state index contributed by atoms with van der Waals surface area (Å²) in [5.74, 6) is -1.10. The summed E-state index contributed by atoms with van der Waals surface area (Å²) in [6.07, 6.45) is -0.550. The summed E-state index contributed by atoms with van der Waals surface area (Å²) in [4.78, 5) is 22.6. The molecular formula is C11H12N2O5. The fraction of sp³-hybridized carbons (Fsp3) is 0.364. The van der Waals surface area contributed by atoms with E-state index in [0.29, 0.717) is 18.7 Å². The van der Waals surface area contributed by atoms with E-state index in [1.807, 2.05) is 0 Å². The van der Waals surface area contributed by atoms with Gasteiger partial charge in [-0.25, -0.2) is 4.79 Å². The fourth-order valence-electron chi connectivity index (χ4n) is 2.13. The molecule has 7 nitrogen and oxygen atoms in total. The number of aliphatic hydroxyl groups is 1. The number of rotatable bonds is 3. The second kappa shape index (κ2) is 4.61. The standard InChI is InChI=1S/C11H12N2O5/c14-9-5-6-12(10(9)11(15)16)7-1-3-8(4-2-7)13(17)18/h1-4,9-10,14H,5-6H2,(H,15,16)/t9-,10-/m0/s1. The molecule has 18 heavy (non-hydrogen) atoms. The van der Waals surface area contributed by atoms with Crippen molar-refractivity contribution < 1.29 is 19.9 Å². The summed E-state index contributed by atoms with van der Waals surface area (Å²) >= 11 is 0. The van der Waals surface area contributed by atoms with Gasteiger partial charge in [-0.05, 0) is 18.6 Å². The molecule has 1 heterocycles. The van der Waals surface area contributed by atoms with E-state index < -0.39 is 23.0 Å². The van der Waals surface area contributed by atoms with Crippen molar-refractivity contribution in [2.75, 3.05) is 11.4 Å². The molecule has 0 radical (unpaired) electrons. The number of carboxylic acid groups (broad SMARTS) is 1. The lowest BCUT2D eigenvalue weighted by atomic mass is 10.1. The number of anilines is 1. The summed E-state index contributed by atoms with van der Waals surface area (Å²) in [6, 6.07) is 4.63. The number of carboxylic acids is 1. The predicted octanol–water partition coefficient (Wildman–Crippen LogP) is 0.619. The van der Waals surface area contributed by atoms with Gasteiger partial charge in [-0.2, -0.15) is 0 Å². The van der Waals surface area contributed by atoms with Crippen LogP contribution in [0.4, 0.5) is 11.4 Å². The highest BCUT2D eigenvalue weighted by atomic mass is 16.6. The minimum atomic E-state index is -1.10. The average Bonchev–Trinajstić information content (AvgIpc) is 2.71. The zero-order valence-electron chi connectivity index (χ0n) is 9.39. The van der Waals surface area contributed by atoms with Gasteiger partial charge < -0.3 is 15.1 Å². The van der Waals surface area contributed by atoms with Crippen LogP contribution in [0.3, 0.4) is 0 Å². The lowest BCUT2D eigenvalue weighted by Gasteiger charge is -2.24. The van der Waals surface area contributed by atoms with Gasteiger partial charge in [0.25, 0.3) is 5.69 Å². The third-order valence-corrected chi connectivity index (χ3v) is 3.01. The number of aliphatic hydroxyl groups excluding tert-OH is 1. The molecule has 7 heteroatoms. The molecule has 1 aliphatic rings. The molecular weight excluding hydrogens is 240 g/mol. The van der Waals surface area contributed by atoms with Gasteiger partial charge >= 0.3 is 5.97 Å². The number of hydrogen-bond acceptors (Lipinski definition) is 5. The van der Waals surface area contributed by atoms with Crippen molar-refractivity contribution in [3.8, 4) is 0 Å². The first kappa shape index (κ1) is 12.3. The van der Waals surface area contributed by atoms with Crippen LogP contribution in [0.1, 0.15) is 6.42 Å². The van der Waals surface area contributed by atoms with E-state index in [0.717, 1.165) is 0 Å². The van der Waals surface area contributed by atoms with Gasteiger partial charge in [-0.1, -0.05) is 0 Å². The molecule has 0 saturated carbocycles. The van der Waals surface area contributed by atoms with E-state index in [1.165, 1.54) is 29.2 Å². The molecule has 2 N–H and O–H groups in total. The normalized spacial score (nSPS) is 23.1. The van der Waals surface area contributed by atoms with Crippen LogP contribution in [0.2, 0.25) is 0 Å². The van der Waals surface area contributed by atoms with Crippen LogP contribution >= 0.6 is 0 Å². The van der Waals surface area contributed by atoms with Gasteiger partial charge in [0.05, 0.1) is 11.0 Å². The number of nitro groups is 1. The Morgan fingerprint density at radius 2 is 2.00 bits per heavy atom. The van der Waals surface area contributed by atoms with Crippen molar-refractivity contribution in [2.24, 2.45) is 0 Å². The molecule has 96 valence electrons. The second-order valence-electron chi connectivity index (χ2n) is 4.11. The predicted molar refractivity (Wildman–Crippen MR) is 62.5 cm³/mol. The van der Waals surface area contributed by atoms with Crippen molar-refractivity contribution in [2.45, 2.75) is 18.6 Å². The van der Waals surface area contributed by atoms with Gasteiger partial charge in [0.1, 0.15) is 0 Å². The number of benzene rings is 1. The first-order valence-electron chi connectivity index (χ1n) is 5.42. The smallest absolute Gasteiger partial charge is 0.329 e. The monoisotopic (exact) mass is 252 g/mol. The van der Waals surface area contributed by atoms with Gasteiger partial charge in [0, 0.05) is 24.4 Å². The Balaban J connectivity index is 2.25. The Bertz CT molecular complexity index is 473.